The largest absolute Gasteiger partial charge is 0.490 e. The molecule has 0 amide bonds. The zero-order valence-electron chi connectivity index (χ0n) is 12.2. The first-order valence-electron chi connectivity index (χ1n) is 6.85. The molecule has 1 atom stereocenters. The van der Waals surface area contributed by atoms with E-state index in [1.807, 2.05) is 39.8 Å². The van der Waals surface area contributed by atoms with E-state index in [4.69, 9.17) is 19.9 Å². The third-order valence-electron chi connectivity index (χ3n) is 3.17. The molecule has 0 aliphatic carbocycles. The molecule has 1 heterocycles. The SMILES string of the molecule is CCOc1cc2c(cc1OCC)C(N)CC(C)(C)O2. The standard InChI is InChI=1S/C15H23NO3/c1-5-17-13-7-10-11(16)9-15(3,4)19-12(10)8-14(13)18-6-2/h7-8,11H,5-6,9,16H2,1-4H3. The van der Waals surface area contributed by atoms with E-state index >= 15 is 0 Å². The summed E-state index contributed by atoms with van der Waals surface area (Å²) in [6.07, 6.45) is 0.791. The van der Waals surface area contributed by atoms with Gasteiger partial charge in [-0.25, -0.2) is 0 Å². The van der Waals surface area contributed by atoms with Crippen molar-refractivity contribution in [3.05, 3.63) is 17.7 Å². The van der Waals surface area contributed by atoms with Gasteiger partial charge in [0.25, 0.3) is 0 Å². The fraction of sp³-hybridized carbons (Fsp3) is 0.600. The summed E-state index contributed by atoms with van der Waals surface area (Å²) < 4.78 is 17.2. The van der Waals surface area contributed by atoms with E-state index in [-0.39, 0.29) is 11.6 Å². The monoisotopic (exact) mass is 265 g/mol. The van der Waals surface area contributed by atoms with Gasteiger partial charge >= 0.3 is 0 Å². The molecule has 106 valence electrons. The molecule has 2 N–H and O–H groups in total. The summed E-state index contributed by atoms with van der Waals surface area (Å²) in [5, 5.41) is 0. The smallest absolute Gasteiger partial charge is 0.164 e. The maximum Gasteiger partial charge on any atom is 0.164 e. The van der Waals surface area contributed by atoms with Gasteiger partial charge in [0.1, 0.15) is 11.4 Å². The minimum atomic E-state index is -0.247. The van der Waals surface area contributed by atoms with E-state index in [1.165, 1.54) is 0 Å². The van der Waals surface area contributed by atoms with E-state index in [2.05, 4.69) is 0 Å². The number of fused-ring (bicyclic) bond motifs is 1. The van der Waals surface area contributed by atoms with Crippen LogP contribution in [0.5, 0.6) is 17.2 Å². The highest BCUT2D eigenvalue weighted by Gasteiger charge is 2.33. The van der Waals surface area contributed by atoms with Crippen molar-refractivity contribution in [2.24, 2.45) is 5.73 Å². The highest BCUT2D eigenvalue weighted by molar-refractivity contribution is 5.53. The molecule has 0 saturated carbocycles. The number of hydrogen-bond acceptors (Lipinski definition) is 4. The van der Waals surface area contributed by atoms with Crippen molar-refractivity contribution in [1.82, 2.24) is 0 Å². The molecule has 2 rings (SSSR count). The number of rotatable bonds is 4. The van der Waals surface area contributed by atoms with Crippen molar-refractivity contribution in [2.45, 2.75) is 45.8 Å². The molecule has 0 radical (unpaired) electrons. The molecular formula is C15H23NO3. The number of benzene rings is 1. The Kier molecular flexibility index (Phi) is 3.90. The zero-order valence-corrected chi connectivity index (χ0v) is 12.2. The maximum absolute atomic E-state index is 6.23. The van der Waals surface area contributed by atoms with Gasteiger partial charge in [0, 0.05) is 24.1 Å². The van der Waals surface area contributed by atoms with Crippen molar-refractivity contribution in [3.63, 3.8) is 0 Å². The summed E-state index contributed by atoms with van der Waals surface area (Å²) in [4.78, 5) is 0. The van der Waals surface area contributed by atoms with Crippen LogP contribution in [0.15, 0.2) is 12.1 Å². The Bertz CT molecular complexity index is 457. The summed E-state index contributed by atoms with van der Waals surface area (Å²) in [6, 6.07) is 3.81. The van der Waals surface area contributed by atoms with Gasteiger partial charge in [-0.05, 0) is 33.8 Å². The lowest BCUT2D eigenvalue weighted by atomic mass is 9.90. The second-order valence-electron chi connectivity index (χ2n) is 5.38. The summed E-state index contributed by atoms with van der Waals surface area (Å²) in [7, 11) is 0. The van der Waals surface area contributed by atoms with Crippen LogP contribution < -0.4 is 19.9 Å². The summed E-state index contributed by atoms with van der Waals surface area (Å²) >= 11 is 0. The first kappa shape index (κ1) is 14.0. The van der Waals surface area contributed by atoms with Crippen LogP contribution >= 0.6 is 0 Å². The van der Waals surface area contributed by atoms with Crippen LogP contribution in [-0.2, 0) is 0 Å². The molecule has 1 aliphatic rings. The topological polar surface area (TPSA) is 53.7 Å². The van der Waals surface area contributed by atoms with E-state index < -0.39 is 0 Å². The molecule has 0 saturated heterocycles. The Morgan fingerprint density at radius 2 is 1.79 bits per heavy atom. The molecule has 19 heavy (non-hydrogen) atoms. The summed E-state index contributed by atoms with van der Waals surface area (Å²) in [5.74, 6) is 2.26. The lowest BCUT2D eigenvalue weighted by molar-refractivity contribution is 0.0721. The van der Waals surface area contributed by atoms with Gasteiger partial charge < -0.3 is 19.9 Å². The normalized spacial score (nSPS) is 20.4. The molecular weight excluding hydrogens is 242 g/mol. The third-order valence-corrected chi connectivity index (χ3v) is 3.17. The van der Waals surface area contributed by atoms with Gasteiger partial charge in [-0.1, -0.05) is 0 Å². The summed E-state index contributed by atoms with van der Waals surface area (Å²) in [5.41, 5.74) is 6.98. The fourth-order valence-corrected chi connectivity index (χ4v) is 2.45. The Labute approximate surface area is 114 Å². The van der Waals surface area contributed by atoms with E-state index in [0.29, 0.717) is 19.0 Å². The second kappa shape index (κ2) is 5.29. The van der Waals surface area contributed by atoms with Crippen LogP contribution in [0, 0.1) is 0 Å². The number of ether oxygens (including phenoxy) is 3. The second-order valence-corrected chi connectivity index (χ2v) is 5.38. The predicted molar refractivity (Wildman–Crippen MR) is 75.0 cm³/mol. The molecule has 4 heteroatoms. The van der Waals surface area contributed by atoms with Gasteiger partial charge in [0.05, 0.1) is 13.2 Å². The Morgan fingerprint density at radius 1 is 1.21 bits per heavy atom. The van der Waals surface area contributed by atoms with Crippen molar-refractivity contribution in [2.75, 3.05) is 13.2 Å². The highest BCUT2D eigenvalue weighted by Crippen LogP contribution is 2.44. The highest BCUT2D eigenvalue weighted by atomic mass is 16.5. The Morgan fingerprint density at radius 3 is 2.37 bits per heavy atom. The van der Waals surface area contributed by atoms with Gasteiger partial charge in [0.2, 0.25) is 0 Å². The van der Waals surface area contributed by atoms with E-state index in [0.717, 1.165) is 23.5 Å². The van der Waals surface area contributed by atoms with E-state index in [1.54, 1.807) is 0 Å². The molecule has 0 fully saturated rings. The zero-order chi connectivity index (χ0) is 14.0. The van der Waals surface area contributed by atoms with Crippen LogP contribution in [0.25, 0.3) is 0 Å². The fourth-order valence-electron chi connectivity index (χ4n) is 2.45. The Hall–Kier alpha value is -1.42. The van der Waals surface area contributed by atoms with Gasteiger partial charge in [-0.15, -0.1) is 0 Å². The van der Waals surface area contributed by atoms with Gasteiger partial charge in [-0.3, -0.25) is 0 Å². The van der Waals surface area contributed by atoms with Crippen molar-refractivity contribution >= 4 is 0 Å². The number of nitrogens with two attached hydrogens (primary N) is 1. The van der Waals surface area contributed by atoms with Gasteiger partial charge in [-0.2, -0.15) is 0 Å². The Balaban J connectivity index is 2.43. The molecule has 0 bridgehead atoms. The lowest BCUT2D eigenvalue weighted by Gasteiger charge is -2.36. The van der Waals surface area contributed by atoms with Crippen LogP contribution in [0.4, 0.5) is 0 Å². The predicted octanol–water partition coefficient (Wildman–Crippen LogP) is 3.04. The third kappa shape index (κ3) is 2.95. The van der Waals surface area contributed by atoms with Crippen molar-refractivity contribution < 1.29 is 14.2 Å². The molecule has 1 unspecified atom stereocenters. The first-order chi connectivity index (χ1) is 8.96. The lowest BCUT2D eigenvalue weighted by Crippen LogP contribution is -2.37. The minimum absolute atomic E-state index is 0.0337. The van der Waals surface area contributed by atoms with Crippen molar-refractivity contribution in [3.8, 4) is 17.2 Å². The molecule has 1 aromatic rings. The van der Waals surface area contributed by atoms with Crippen LogP contribution in [0.3, 0.4) is 0 Å². The minimum Gasteiger partial charge on any atom is -0.490 e. The van der Waals surface area contributed by atoms with Crippen LogP contribution in [0.2, 0.25) is 0 Å². The van der Waals surface area contributed by atoms with Crippen LogP contribution in [-0.4, -0.2) is 18.8 Å². The molecule has 0 spiro atoms. The maximum atomic E-state index is 6.23. The molecule has 0 aromatic heterocycles. The first-order valence-corrected chi connectivity index (χ1v) is 6.85. The quantitative estimate of drug-likeness (QED) is 0.909. The average Bonchev–Trinajstić information content (AvgIpc) is 2.30. The molecule has 1 aliphatic heterocycles. The van der Waals surface area contributed by atoms with Gasteiger partial charge in [0.15, 0.2) is 11.5 Å². The van der Waals surface area contributed by atoms with Crippen molar-refractivity contribution in [1.29, 1.82) is 0 Å². The summed E-state index contributed by atoms with van der Waals surface area (Å²) in [6.45, 7) is 9.19. The molecule has 4 nitrogen and oxygen atoms in total. The molecule has 1 aromatic carbocycles. The van der Waals surface area contributed by atoms with Crippen LogP contribution in [0.1, 0.15) is 45.7 Å². The number of hydrogen-bond donors (Lipinski definition) is 1. The average molecular weight is 265 g/mol. The van der Waals surface area contributed by atoms with E-state index in [9.17, 15) is 0 Å².